The maximum atomic E-state index is 12.6. The van der Waals surface area contributed by atoms with Crippen molar-refractivity contribution in [2.24, 2.45) is 0 Å². The van der Waals surface area contributed by atoms with Crippen LogP contribution in [-0.4, -0.2) is 27.5 Å². The minimum Gasteiger partial charge on any atom is -0.491 e. The Morgan fingerprint density at radius 3 is 2.24 bits per heavy atom. The molecule has 0 aliphatic carbocycles. The number of benzene rings is 2. The molecule has 134 valence electrons. The quantitative estimate of drug-likeness (QED) is 0.856. The molecule has 0 saturated heterocycles. The van der Waals surface area contributed by atoms with E-state index in [1.165, 1.54) is 24.0 Å². The van der Waals surface area contributed by atoms with E-state index in [1.807, 2.05) is 13.8 Å². The van der Waals surface area contributed by atoms with Crippen molar-refractivity contribution < 1.29 is 17.9 Å². The summed E-state index contributed by atoms with van der Waals surface area (Å²) in [4.78, 5) is 13.1. The molecule has 0 unspecified atom stereocenters. The smallest absolute Gasteiger partial charge is 0.261 e. The molecule has 2 aromatic rings. The molecule has 0 heterocycles. The highest BCUT2D eigenvalue weighted by molar-refractivity contribution is 7.92. The number of rotatable bonds is 6. The highest BCUT2D eigenvalue weighted by Crippen LogP contribution is 2.27. The van der Waals surface area contributed by atoms with Crippen LogP contribution in [0.1, 0.15) is 20.8 Å². The molecule has 7 heteroatoms. The Kier molecular flexibility index (Phi) is 5.69. The van der Waals surface area contributed by atoms with Crippen LogP contribution in [0.15, 0.2) is 53.4 Å². The SMILES string of the molecule is CC(=O)N(C)c1ccccc1NS(=O)(=O)c1ccc(OC(C)C)cc1. The molecule has 0 atom stereocenters. The highest BCUT2D eigenvalue weighted by Gasteiger charge is 2.18. The van der Waals surface area contributed by atoms with Gasteiger partial charge in [-0.1, -0.05) is 12.1 Å². The number of nitrogens with one attached hydrogen (secondary N) is 1. The van der Waals surface area contributed by atoms with Gasteiger partial charge in [0.05, 0.1) is 22.4 Å². The molecule has 0 fully saturated rings. The summed E-state index contributed by atoms with van der Waals surface area (Å²) in [5.74, 6) is 0.410. The number of carbonyl (C=O) groups is 1. The summed E-state index contributed by atoms with van der Waals surface area (Å²) >= 11 is 0. The van der Waals surface area contributed by atoms with Crippen molar-refractivity contribution in [3.05, 3.63) is 48.5 Å². The molecule has 0 saturated carbocycles. The Hall–Kier alpha value is -2.54. The van der Waals surface area contributed by atoms with Crippen molar-refractivity contribution in [3.8, 4) is 5.75 Å². The van der Waals surface area contributed by atoms with Crippen molar-refractivity contribution in [2.45, 2.75) is 31.8 Å². The second-order valence-corrected chi connectivity index (χ2v) is 7.52. The van der Waals surface area contributed by atoms with Crippen LogP contribution in [0.2, 0.25) is 0 Å². The lowest BCUT2D eigenvalue weighted by molar-refractivity contribution is -0.116. The first-order chi connectivity index (χ1) is 11.7. The number of sulfonamides is 1. The Labute approximate surface area is 148 Å². The minimum absolute atomic E-state index is 0.00887. The maximum Gasteiger partial charge on any atom is 0.261 e. The van der Waals surface area contributed by atoms with E-state index >= 15 is 0 Å². The fourth-order valence-corrected chi connectivity index (χ4v) is 3.27. The summed E-state index contributed by atoms with van der Waals surface area (Å²) < 4.78 is 33.3. The number of para-hydroxylation sites is 2. The van der Waals surface area contributed by atoms with E-state index in [0.717, 1.165) is 0 Å². The van der Waals surface area contributed by atoms with Crippen molar-refractivity contribution >= 4 is 27.3 Å². The summed E-state index contributed by atoms with van der Waals surface area (Å²) in [5, 5.41) is 0. The van der Waals surface area contributed by atoms with Gasteiger partial charge >= 0.3 is 0 Å². The molecule has 2 rings (SSSR count). The Balaban J connectivity index is 2.29. The molecule has 1 N–H and O–H groups in total. The number of hydrogen-bond donors (Lipinski definition) is 1. The molecular weight excluding hydrogens is 340 g/mol. The molecule has 0 aromatic heterocycles. The van der Waals surface area contributed by atoms with Crippen LogP contribution in [-0.2, 0) is 14.8 Å². The number of hydrogen-bond acceptors (Lipinski definition) is 4. The molecule has 0 bridgehead atoms. The highest BCUT2D eigenvalue weighted by atomic mass is 32.2. The van der Waals surface area contributed by atoms with Gasteiger partial charge in [-0.25, -0.2) is 8.42 Å². The standard InChI is InChI=1S/C18H22N2O4S/c1-13(2)24-15-9-11-16(12-10-15)25(22,23)19-17-7-5-6-8-18(17)20(4)14(3)21/h5-13,19H,1-4H3. The first-order valence-corrected chi connectivity index (χ1v) is 9.32. The van der Waals surface area contributed by atoms with Crippen molar-refractivity contribution in [3.63, 3.8) is 0 Å². The fraction of sp³-hybridized carbons (Fsp3) is 0.278. The van der Waals surface area contributed by atoms with E-state index in [-0.39, 0.29) is 16.9 Å². The van der Waals surface area contributed by atoms with Gasteiger partial charge in [-0.15, -0.1) is 0 Å². The molecule has 0 aliphatic heterocycles. The van der Waals surface area contributed by atoms with E-state index in [1.54, 1.807) is 43.4 Å². The zero-order valence-corrected chi connectivity index (χ0v) is 15.5. The third-order valence-corrected chi connectivity index (χ3v) is 4.87. The van der Waals surface area contributed by atoms with Crippen molar-refractivity contribution in [1.82, 2.24) is 0 Å². The molecule has 0 aliphatic rings. The van der Waals surface area contributed by atoms with Crippen LogP contribution in [0.5, 0.6) is 5.75 Å². The number of carbonyl (C=O) groups excluding carboxylic acids is 1. The van der Waals surface area contributed by atoms with Crippen molar-refractivity contribution in [2.75, 3.05) is 16.7 Å². The van der Waals surface area contributed by atoms with E-state index < -0.39 is 10.0 Å². The average Bonchev–Trinajstić information content (AvgIpc) is 2.54. The van der Waals surface area contributed by atoms with E-state index in [4.69, 9.17) is 4.74 Å². The predicted molar refractivity (Wildman–Crippen MR) is 98.5 cm³/mol. The maximum absolute atomic E-state index is 12.6. The Morgan fingerprint density at radius 1 is 1.08 bits per heavy atom. The average molecular weight is 362 g/mol. The van der Waals surface area contributed by atoms with Crippen LogP contribution in [0, 0.1) is 0 Å². The van der Waals surface area contributed by atoms with E-state index in [0.29, 0.717) is 17.1 Å². The second kappa shape index (κ2) is 7.57. The van der Waals surface area contributed by atoms with Gasteiger partial charge in [0.1, 0.15) is 5.75 Å². The molecule has 2 aromatic carbocycles. The van der Waals surface area contributed by atoms with Gasteiger partial charge in [-0.2, -0.15) is 0 Å². The lowest BCUT2D eigenvalue weighted by Gasteiger charge is -2.20. The number of anilines is 2. The van der Waals surface area contributed by atoms with Crippen LogP contribution >= 0.6 is 0 Å². The summed E-state index contributed by atoms with van der Waals surface area (Å²) in [6.07, 6.45) is 0.00887. The predicted octanol–water partition coefficient (Wildman–Crippen LogP) is 3.26. The largest absolute Gasteiger partial charge is 0.491 e. The summed E-state index contributed by atoms with van der Waals surface area (Å²) in [5.41, 5.74) is 0.820. The van der Waals surface area contributed by atoms with Crippen LogP contribution < -0.4 is 14.4 Å². The summed E-state index contributed by atoms with van der Waals surface area (Å²) in [6, 6.07) is 12.9. The number of ether oxygens (including phenoxy) is 1. The van der Waals surface area contributed by atoms with E-state index in [9.17, 15) is 13.2 Å². The monoisotopic (exact) mass is 362 g/mol. The van der Waals surface area contributed by atoms with Gasteiger partial charge in [0.25, 0.3) is 10.0 Å². The van der Waals surface area contributed by atoms with Crippen molar-refractivity contribution in [1.29, 1.82) is 0 Å². The fourth-order valence-electron chi connectivity index (χ4n) is 2.20. The summed E-state index contributed by atoms with van der Waals surface area (Å²) in [6.45, 7) is 5.21. The lowest BCUT2D eigenvalue weighted by atomic mass is 10.2. The van der Waals surface area contributed by atoms with E-state index in [2.05, 4.69) is 4.72 Å². The number of nitrogens with zero attached hydrogens (tertiary/aromatic N) is 1. The van der Waals surface area contributed by atoms with Gasteiger partial charge < -0.3 is 9.64 Å². The first kappa shape index (κ1) is 18.8. The van der Waals surface area contributed by atoms with Gasteiger partial charge in [-0.3, -0.25) is 9.52 Å². The lowest BCUT2D eigenvalue weighted by Crippen LogP contribution is -2.25. The zero-order chi connectivity index (χ0) is 18.6. The van der Waals surface area contributed by atoms with Crippen LogP contribution in [0.3, 0.4) is 0 Å². The Bertz CT molecular complexity index is 846. The van der Waals surface area contributed by atoms with Gasteiger partial charge in [0, 0.05) is 14.0 Å². The van der Waals surface area contributed by atoms with Gasteiger partial charge in [0.15, 0.2) is 0 Å². The van der Waals surface area contributed by atoms with Gasteiger partial charge in [-0.05, 0) is 50.2 Å². The van der Waals surface area contributed by atoms with Gasteiger partial charge in [0.2, 0.25) is 5.91 Å². The molecule has 0 spiro atoms. The third kappa shape index (κ3) is 4.73. The summed E-state index contributed by atoms with van der Waals surface area (Å²) in [7, 11) is -2.19. The molecular formula is C18H22N2O4S. The first-order valence-electron chi connectivity index (χ1n) is 7.83. The van der Waals surface area contributed by atoms with Crippen LogP contribution in [0.4, 0.5) is 11.4 Å². The molecule has 6 nitrogen and oxygen atoms in total. The number of amides is 1. The Morgan fingerprint density at radius 2 is 1.68 bits per heavy atom. The molecule has 25 heavy (non-hydrogen) atoms. The molecule has 1 amide bonds. The van der Waals surface area contributed by atoms with Crippen LogP contribution in [0.25, 0.3) is 0 Å². The molecule has 0 radical (unpaired) electrons. The normalized spacial score (nSPS) is 11.2. The second-order valence-electron chi connectivity index (χ2n) is 5.84. The third-order valence-electron chi connectivity index (χ3n) is 3.49. The topological polar surface area (TPSA) is 75.7 Å². The minimum atomic E-state index is -3.78. The zero-order valence-electron chi connectivity index (χ0n) is 14.7.